The van der Waals surface area contributed by atoms with E-state index in [-0.39, 0.29) is 11.8 Å². The topological polar surface area (TPSA) is 63.2 Å². The van der Waals surface area contributed by atoms with Crippen molar-refractivity contribution in [2.45, 2.75) is 25.7 Å². The van der Waals surface area contributed by atoms with Crippen LogP contribution in [0.3, 0.4) is 0 Å². The molecule has 1 heterocycles. The van der Waals surface area contributed by atoms with E-state index in [0.29, 0.717) is 18.9 Å². The molecule has 0 saturated heterocycles. The number of para-hydroxylation sites is 2. The number of aliphatic imine (C=N–C) groups is 1. The number of carbonyl (C=O) groups is 1. The zero-order valence-electron chi connectivity index (χ0n) is 17.0. The van der Waals surface area contributed by atoms with Crippen LogP contribution in [-0.4, -0.2) is 44.0 Å². The van der Waals surface area contributed by atoms with E-state index in [1.807, 2.05) is 49.5 Å². The molecule has 6 heteroatoms. The van der Waals surface area contributed by atoms with Crippen LogP contribution in [0.25, 0.3) is 0 Å². The average Bonchev–Trinajstić information content (AvgIpc) is 3.22. The third-order valence-corrected chi connectivity index (χ3v) is 5.52. The van der Waals surface area contributed by atoms with Crippen molar-refractivity contribution in [3.63, 3.8) is 0 Å². The monoisotopic (exact) mass is 393 g/mol. The van der Waals surface area contributed by atoms with E-state index < -0.39 is 0 Å². The fraction of sp³-hybridized carbons (Fsp3) is 0.391. The lowest BCUT2D eigenvalue weighted by Gasteiger charge is -2.22. The summed E-state index contributed by atoms with van der Waals surface area (Å²) >= 11 is 0. The van der Waals surface area contributed by atoms with E-state index >= 15 is 0 Å². The second-order valence-corrected chi connectivity index (χ2v) is 7.60. The molecule has 1 aliphatic carbocycles. The molecule has 1 saturated carbocycles. The number of hydrogen-bond acceptors (Lipinski definition) is 5. The molecule has 29 heavy (non-hydrogen) atoms. The van der Waals surface area contributed by atoms with Crippen LogP contribution in [0.1, 0.15) is 31.2 Å². The molecule has 2 aromatic carbocycles. The Morgan fingerprint density at radius 2 is 2.00 bits per heavy atom. The van der Waals surface area contributed by atoms with Gasteiger partial charge in [-0.3, -0.25) is 4.79 Å². The normalized spacial score (nSPS) is 15.6. The highest BCUT2D eigenvalue weighted by Crippen LogP contribution is 2.39. The van der Waals surface area contributed by atoms with E-state index in [0.717, 1.165) is 54.2 Å². The van der Waals surface area contributed by atoms with Crippen LogP contribution in [0.2, 0.25) is 0 Å². The number of amides is 1. The van der Waals surface area contributed by atoms with Gasteiger partial charge in [0.25, 0.3) is 0 Å². The fourth-order valence-corrected chi connectivity index (χ4v) is 3.86. The smallest absolute Gasteiger partial charge is 0.227 e. The Morgan fingerprint density at radius 3 is 2.79 bits per heavy atom. The predicted octanol–water partition coefficient (Wildman–Crippen LogP) is 4.58. The molecule has 0 aromatic heterocycles. The molecule has 2 aromatic rings. The lowest BCUT2D eigenvalue weighted by Crippen LogP contribution is -2.31. The molecule has 1 aliphatic heterocycles. The number of carbonyl (C=O) groups excluding carboxylic acids is 1. The first kappa shape index (κ1) is 19.5. The molecule has 152 valence electrons. The van der Waals surface area contributed by atoms with E-state index in [9.17, 15) is 4.79 Å². The maximum atomic E-state index is 12.6. The summed E-state index contributed by atoms with van der Waals surface area (Å²) in [5.41, 5.74) is 2.39. The van der Waals surface area contributed by atoms with Gasteiger partial charge < -0.3 is 19.7 Å². The summed E-state index contributed by atoms with van der Waals surface area (Å²) in [7, 11) is 3.67. The first-order valence-corrected chi connectivity index (χ1v) is 10.2. The fourth-order valence-electron chi connectivity index (χ4n) is 3.86. The first-order chi connectivity index (χ1) is 14.2. The lowest BCUT2D eigenvalue weighted by molar-refractivity contribution is -0.119. The highest BCUT2D eigenvalue weighted by Gasteiger charge is 2.25. The van der Waals surface area contributed by atoms with Crippen molar-refractivity contribution in [2.24, 2.45) is 10.9 Å². The first-order valence-electron chi connectivity index (χ1n) is 10.2. The largest absolute Gasteiger partial charge is 0.454 e. The lowest BCUT2D eigenvalue weighted by atomic mass is 10.1. The number of fused-ring (bicyclic) bond motifs is 2. The minimum absolute atomic E-state index is 0.103. The van der Waals surface area contributed by atoms with Gasteiger partial charge in [-0.2, -0.15) is 0 Å². The number of benzene rings is 2. The Kier molecular flexibility index (Phi) is 5.81. The summed E-state index contributed by atoms with van der Waals surface area (Å²) < 4.78 is 11.4. The molecule has 0 radical (unpaired) electrons. The zero-order valence-corrected chi connectivity index (χ0v) is 17.0. The molecule has 0 unspecified atom stereocenters. The molecular formula is C23H27N3O3. The van der Waals surface area contributed by atoms with Crippen LogP contribution in [0, 0.1) is 5.92 Å². The van der Waals surface area contributed by atoms with Gasteiger partial charge in [0.2, 0.25) is 5.91 Å². The standard InChI is InChI=1S/C23H27N3O3/c1-26(13-14-28-2)22-18-15-17(24-23(27)16-7-3-4-8-16)11-12-20(18)29-21-10-6-5-9-19(21)25-22/h5-6,9-12,15-16H,3-4,7-8,13-14H2,1-2H3,(H,24,27). The molecule has 1 amide bonds. The maximum absolute atomic E-state index is 12.6. The van der Waals surface area contributed by atoms with Gasteiger partial charge in [0.1, 0.15) is 17.3 Å². The molecule has 0 spiro atoms. The Morgan fingerprint density at radius 1 is 1.21 bits per heavy atom. The average molecular weight is 393 g/mol. The highest BCUT2D eigenvalue weighted by atomic mass is 16.5. The number of nitrogens with zero attached hydrogens (tertiary/aromatic N) is 2. The van der Waals surface area contributed by atoms with Gasteiger partial charge in [-0.1, -0.05) is 25.0 Å². The van der Waals surface area contributed by atoms with Gasteiger partial charge in [-0.25, -0.2) is 4.99 Å². The quantitative estimate of drug-likeness (QED) is 0.808. The zero-order chi connectivity index (χ0) is 20.2. The van der Waals surface area contributed by atoms with Crippen molar-refractivity contribution in [1.82, 2.24) is 4.90 Å². The van der Waals surface area contributed by atoms with Crippen LogP contribution >= 0.6 is 0 Å². The summed E-state index contributed by atoms with van der Waals surface area (Å²) in [5, 5.41) is 3.09. The van der Waals surface area contributed by atoms with E-state index in [1.54, 1.807) is 7.11 Å². The number of hydrogen-bond donors (Lipinski definition) is 1. The van der Waals surface area contributed by atoms with Gasteiger partial charge >= 0.3 is 0 Å². The highest BCUT2D eigenvalue weighted by molar-refractivity contribution is 6.05. The molecule has 2 aliphatic rings. The summed E-state index contributed by atoms with van der Waals surface area (Å²) in [4.78, 5) is 19.5. The molecule has 4 rings (SSSR count). The van der Waals surface area contributed by atoms with E-state index in [1.165, 1.54) is 0 Å². The molecule has 0 bridgehead atoms. The summed E-state index contributed by atoms with van der Waals surface area (Å²) in [6, 6.07) is 13.5. The Balaban J connectivity index is 1.68. The summed E-state index contributed by atoms with van der Waals surface area (Å²) in [6.45, 7) is 1.28. The Bertz CT molecular complexity index is 919. The van der Waals surface area contributed by atoms with Gasteiger partial charge in [-0.05, 0) is 43.2 Å². The van der Waals surface area contributed by atoms with Crippen LogP contribution in [-0.2, 0) is 9.53 Å². The van der Waals surface area contributed by atoms with Crippen molar-refractivity contribution in [3.8, 4) is 11.5 Å². The van der Waals surface area contributed by atoms with Crippen molar-refractivity contribution < 1.29 is 14.3 Å². The van der Waals surface area contributed by atoms with Crippen molar-refractivity contribution in [1.29, 1.82) is 0 Å². The van der Waals surface area contributed by atoms with Crippen molar-refractivity contribution >= 4 is 23.1 Å². The second kappa shape index (κ2) is 8.66. The minimum atomic E-state index is 0.103. The Labute approximate surface area is 171 Å². The van der Waals surface area contributed by atoms with Crippen LogP contribution < -0.4 is 10.1 Å². The van der Waals surface area contributed by atoms with Crippen molar-refractivity contribution in [3.05, 3.63) is 48.0 Å². The third kappa shape index (κ3) is 4.27. The predicted molar refractivity (Wildman–Crippen MR) is 114 cm³/mol. The van der Waals surface area contributed by atoms with E-state index in [2.05, 4.69) is 10.2 Å². The van der Waals surface area contributed by atoms with Gasteiger partial charge in [0.15, 0.2) is 5.75 Å². The van der Waals surface area contributed by atoms with Gasteiger partial charge in [-0.15, -0.1) is 0 Å². The van der Waals surface area contributed by atoms with Crippen LogP contribution in [0.4, 0.5) is 11.4 Å². The van der Waals surface area contributed by atoms with Crippen LogP contribution in [0.15, 0.2) is 47.5 Å². The van der Waals surface area contributed by atoms with Crippen LogP contribution in [0.5, 0.6) is 11.5 Å². The number of anilines is 1. The minimum Gasteiger partial charge on any atom is -0.454 e. The SMILES string of the molecule is COCCN(C)C1=Nc2ccccc2Oc2ccc(NC(=O)C3CCCC3)cc21. The Hall–Kier alpha value is -2.86. The number of nitrogens with one attached hydrogen (secondary N) is 1. The third-order valence-electron chi connectivity index (χ3n) is 5.52. The molecular weight excluding hydrogens is 366 g/mol. The van der Waals surface area contributed by atoms with Gasteiger partial charge in [0, 0.05) is 32.3 Å². The molecule has 0 atom stereocenters. The molecule has 1 fully saturated rings. The summed E-state index contributed by atoms with van der Waals surface area (Å²) in [5.74, 6) is 2.45. The molecule has 6 nitrogen and oxygen atoms in total. The van der Waals surface area contributed by atoms with E-state index in [4.69, 9.17) is 14.5 Å². The molecule has 1 N–H and O–H groups in total. The van der Waals surface area contributed by atoms with Gasteiger partial charge in [0.05, 0.1) is 12.2 Å². The summed E-state index contributed by atoms with van der Waals surface area (Å²) in [6.07, 6.45) is 4.22. The second-order valence-electron chi connectivity index (χ2n) is 7.60. The number of amidine groups is 1. The maximum Gasteiger partial charge on any atom is 0.227 e. The number of rotatable bonds is 5. The van der Waals surface area contributed by atoms with Crippen molar-refractivity contribution in [2.75, 3.05) is 32.6 Å². The number of likely N-dealkylation sites (N-methyl/N-ethyl adjacent to an activating group) is 1. The number of ether oxygens (including phenoxy) is 2. The number of methoxy groups -OCH3 is 1.